The second kappa shape index (κ2) is 5.02. The molecule has 1 aliphatic carbocycles. The summed E-state index contributed by atoms with van der Waals surface area (Å²) in [5.41, 5.74) is 6.44. The molecule has 16 heavy (non-hydrogen) atoms. The van der Waals surface area contributed by atoms with Gasteiger partial charge in [0.15, 0.2) is 5.78 Å². The fraction of sp³-hybridized carbons (Fsp3) is 0.462. The van der Waals surface area contributed by atoms with Crippen LogP contribution in [0.15, 0.2) is 29.2 Å². The van der Waals surface area contributed by atoms with E-state index in [0.717, 1.165) is 10.5 Å². The van der Waals surface area contributed by atoms with Crippen molar-refractivity contribution in [2.24, 2.45) is 5.73 Å². The van der Waals surface area contributed by atoms with E-state index in [1.54, 1.807) is 6.92 Å². The lowest BCUT2D eigenvalue weighted by atomic mass is 10.00. The number of nitrogens with two attached hydrogens (primary N) is 1. The molecule has 0 heterocycles. The van der Waals surface area contributed by atoms with Crippen LogP contribution in [0.3, 0.4) is 0 Å². The SMILES string of the molecule is CC(N)C(=O)c1ccccc1SC1CCC1. The van der Waals surface area contributed by atoms with Crippen molar-refractivity contribution in [1.82, 2.24) is 0 Å². The number of ketones is 1. The van der Waals surface area contributed by atoms with Crippen molar-refractivity contribution in [3.8, 4) is 0 Å². The Morgan fingerprint density at radius 3 is 2.69 bits per heavy atom. The van der Waals surface area contributed by atoms with E-state index in [1.807, 2.05) is 36.0 Å². The van der Waals surface area contributed by atoms with Gasteiger partial charge in [-0.05, 0) is 25.8 Å². The molecule has 1 unspecified atom stereocenters. The largest absolute Gasteiger partial charge is 0.321 e. The Bertz CT molecular complexity index is 385. The van der Waals surface area contributed by atoms with Gasteiger partial charge in [0.25, 0.3) is 0 Å². The van der Waals surface area contributed by atoms with E-state index in [1.165, 1.54) is 19.3 Å². The Balaban J connectivity index is 2.19. The standard InChI is InChI=1S/C13H17NOS/c1-9(14)13(15)11-7-2-3-8-12(11)16-10-5-4-6-10/h2-3,7-10H,4-6,14H2,1H3. The number of hydrogen-bond acceptors (Lipinski definition) is 3. The lowest BCUT2D eigenvalue weighted by molar-refractivity contribution is 0.0965. The molecule has 3 heteroatoms. The third-order valence-corrected chi connectivity index (χ3v) is 4.33. The van der Waals surface area contributed by atoms with E-state index in [4.69, 9.17) is 5.73 Å². The summed E-state index contributed by atoms with van der Waals surface area (Å²) >= 11 is 1.83. The minimum Gasteiger partial charge on any atom is -0.321 e. The van der Waals surface area contributed by atoms with Gasteiger partial charge in [-0.3, -0.25) is 4.79 Å². The average molecular weight is 235 g/mol. The highest BCUT2D eigenvalue weighted by molar-refractivity contribution is 8.00. The van der Waals surface area contributed by atoms with Gasteiger partial charge in [0.2, 0.25) is 0 Å². The predicted octanol–water partition coefficient (Wildman–Crippen LogP) is 2.86. The van der Waals surface area contributed by atoms with Crippen LogP contribution in [0.5, 0.6) is 0 Å². The molecular formula is C13H17NOS. The van der Waals surface area contributed by atoms with E-state index in [-0.39, 0.29) is 5.78 Å². The normalized spacial score (nSPS) is 17.9. The molecule has 1 aromatic carbocycles. The first-order valence-corrected chi connectivity index (χ1v) is 6.62. The van der Waals surface area contributed by atoms with Crippen LogP contribution in [0, 0.1) is 0 Å². The predicted molar refractivity (Wildman–Crippen MR) is 67.9 cm³/mol. The van der Waals surface area contributed by atoms with Gasteiger partial charge < -0.3 is 5.73 Å². The molecule has 0 spiro atoms. The summed E-state index contributed by atoms with van der Waals surface area (Å²) in [5, 5.41) is 0.696. The molecule has 2 N–H and O–H groups in total. The molecule has 0 radical (unpaired) electrons. The molecule has 1 atom stereocenters. The molecule has 0 saturated heterocycles. The Labute approximate surface area is 101 Å². The van der Waals surface area contributed by atoms with Crippen molar-refractivity contribution in [3.05, 3.63) is 29.8 Å². The van der Waals surface area contributed by atoms with Gasteiger partial charge in [0.1, 0.15) is 0 Å². The molecule has 0 aromatic heterocycles. The summed E-state index contributed by atoms with van der Waals surface area (Å²) in [6.45, 7) is 1.74. The van der Waals surface area contributed by atoms with E-state index < -0.39 is 6.04 Å². The highest BCUT2D eigenvalue weighted by Gasteiger charge is 2.22. The third-order valence-electron chi connectivity index (χ3n) is 2.91. The summed E-state index contributed by atoms with van der Waals surface area (Å²) in [6, 6.07) is 7.38. The number of benzene rings is 1. The van der Waals surface area contributed by atoms with E-state index >= 15 is 0 Å². The number of carbonyl (C=O) groups is 1. The van der Waals surface area contributed by atoms with E-state index in [2.05, 4.69) is 0 Å². The first-order chi connectivity index (χ1) is 7.68. The molecular weight excluding hydrogens is 218 g/mol. The molecule has 2 rings (SSSR count). The number of carbonyl (C=O) groups excluding carboxylic acids is 1. The quantitative estimate of drug-likeness (QED) is 0.816. The summed E-state index contributed by atoms with van der Waals surface area (Å²) in [6.07, 6.45) is 3.86. The first-order valence-electron chi connectivity index (χ1n) is 5.74. The van der Waals surface area contributed by atoms with Crippen LogP contribution in [0.1, 0.15) is 36.5 Å². The Morgan fingerprint density at radius 1 is 1.44 bits per heavy atom. The highest BCUT2D eigenvalue weighted by atomic mass is 32.2. The molecule has 0 aliphatic heterocycles. The fourth-order valence-electron chi connectivity index (χ4n) is 1.69. The van der Waals surface area contributed by atoms with Crippen molar-refractivity contribution in [1.29, 1.82) is 0 Å². The molecule has 1 aromatic rings. The second-order valence-electron chi connectivity index (χ2n) is 4.32. The number of thioether (sulfide) groups is 1. The topological polar surface area (TPSA) is 43.1 Å². The molecule has 0 amide bonds. The van der Waals surface area contributed by atoms with Gasteiger partial charge in [-0.15, -0.1) is 11.8 Å². The van der Waals surface area contributed by atoms with E-state index in [0.29, 0.717) is 5.25 Å². The van der Waals surface area contributed by atoms with Gasteiger partial charge in [-0.2, -0.15) is 0 Å². The zero-order valence-electron chi connectivity index (χ0n) is 9.48. The molecule has 0 bridgehead atoms. The molecule has 86 valence electrons. The van der Waals surface area contributed by atoms with Crippen LogP contribution in [-0.2, 0) is 0 Å². The molecule has 1 fully saturated rings. The van der Waals surface area contributed by atoms with Crippen molar-refractivity contribution in [2.45, 2.75) is 42.4 Å². The summed E-state index contributed by atoms with van der Waals surface area (Å²) in [7, 11) is 0. The van der Waals surface area contributed by atoms with Crippen LogP contribution in [0.2, 0.25) is 0 Å². The monoisotopic (exact) mass is 235 g/mol. The van der Waals surface area contributed by atoms with E-state index in [9.17, 15) is 4.79 Å². The third kappa shape index (κ3) is 2.47. The van der Waals surface area contributed by atoms with Crippen molar-refractivity contribution >= 4 is 17.5 Å². The maximum absolute atomic E-state index is 11.9. The summed E-state index contributed by atoms with van der Waals surface area (Å²) in [5.74, 6) is 0.0439. The highest BCUT2D eigenvalue weighted by Crippen LogP contribution is 2.37. The van der Waals surface area contributed by atoms with Crippen LogP contribution in [-0.4, -0.2) is 17.1 Å². The summed E-state index contributed by atoms with van der Waals surface area (Å²) in [4.78, 5) is 13.0. The van der Waals surface area contributed by atoms with Crippen LogP contribution >= 0.6 is 11.8 Å². The van der Waals surface area contributed by atoms with Gasteiger partial charge in [-0.1, -0.05) is 24.6 Å². The molecule has 1 saturated carbocycles. The summed E-state index contributed by atoms with van der Waals surface area (Å²) < 4.78 is 0. The van der Waals surface area contributed by atoms with Gasteiger partial charge in [0.05, 0.1) is 6.04 Å². The van der Waals surface area contributed by atoms with Crippen LogP contribution < -0.4 is 5.73 Å². The van der Waals surface area contributed by atoms with Crippen LogP contribution in [0.4, 0.5) is 0 Å². The van der Waals surface area contributed by atoms with Crippen LogP contribution in [0.25, 0.3) is 0 Å². The number of Topliss-reactive ketones (excluding diaryl/α,β-unsaturated/α-hetero) is 1. The minimum absolute atomic E-state index is 0.0439. The Kier molecular flexibility index (Phi) is 3.66. The minimum atomic E-state index is -0.414. The second-order valence-corrected chi connectivity index (χ2v) is 5.66. The molecule has 2 nitrogen and oxygen atoms in total. The average Bonchev–Trinajstić information content (AvgIpc) is 2.23. The molecule has 1 aliphatic rings. The lowest BCUT2D eigenvalue weighted by Crippen LogP contribution is -2.27. The smallest absolute Gasteiger partial charge is 0.180 e. The van der Waals surface area contributed by atoms with Gasteiger partial charge in [0, 0.05) is 15.7 Å². The Hall–Kier alpha value is -0.800. The fourth-order valence-corrected chi connectivity index (χ4v) is 3.07. The number of rotatable bonds is 4. The number of hydrogen-bond donors (Lipinski definition) is 1. The van der Waals surface area contributed by atoms with Crippen molar-refractivity contribution in [2.75, 3.05) is 0 Å². The zero-order valence-corrected chi connectivity index (χ0v) is 10.3. The van der Waals surface area contributed by atoms with Gasteiger partial charge in [-0.25, -0.2) is 0 Å². The first kappa shape index (κ1) is 11.7. The maximum atomic E-state index is 11.9. The van der Waals surface area contributed by atoms with Crippen molar-refractivity contribution in [3.63, 3.8) is 0 Å². The Morgan fingerprint density at radius 2 is 2.12 bits per heavy atom. The van der Waals surface area contributed by atoms with Crippen molar-refractivity contribution < 1.29 is 4.79 Å². The van der Waals surface area contributed by atoms with Gasteiger partial charge >= 0.3 is 0 Å². The zero-order chi connectivity index (χ0) is 11.5. The maximum Gasteiger partial charge on any atom is 0.180 e. The lowest BCUT2D eigenvalue weighted by Gasteiger charge is -2.25.